The number of rotatable bonds is 3. The number of anilines is 1. The van der Waals surface area contributed by atoms with E-state index in [0.29, 0.717) is 16.6 Å². The van der Waals surface area contributed by atoms with Crippen LogP contribution in [0.3, 0.4) is 0 Å². The van der Waals surface area contributed by atoms with E-state index in [0.717, 1.165) is 9.48 Å². The molecule has 6 heteroatoms. The minimum atomic E-state index is -0.158. The summed E-state index contributed by atoms with van der Waals surface area (Å²) in [6, 6.07) is 7.25. The monoisotopic (exact) mass is 323 g/mol. The minimum Gasteiger partial charge on any atom is -0.296 e. The number of amides is 1. The number of carbonyl (C=O) groups excluding carboxylic acids is 1. The Hall–Kier alpha value is -1.27. The lowest BCUT2D eigenvalue weighted by atomic mass is 10.2. The van der Waals surface area contributed by atoms with Crippen LogP contribution in [0.25, 0.3) is 0 Å². The summed E-state index contributed by atoms with van der Waals surface area (Å²) in [6.45, 7) is 0. The fourth-order valence-electron chi connectivity index (χ4n) is 1.58. The Labute approximate surface area is 117 Å². The smallest absolute Gasteiger partial charge is 0.257 e. The zero-order valence-corrected chi connectivity index (χ0v) is 11.8. The van der Waals surface area contributed by atoms with E-state index in [1.807, 2.05) is 12.1 Å². The summed E-state index contributed by atoms with van der Waals surface area (Å²) in [5.74, 6) is 0.411. The Morgan fingerprint density at radius 1 is 1.39 bits per heavy atom. The van der Waals surface area contributed by atoms with E-state index in [2.05, 4.69) is 31.4 Å². The van der Waals surface area contributed by atoms with Crippen LogP contribution < -0.4 is 5.32 Å². The molecule has 0 aliphatic heterocycles. The van der Waals surface area contributed by atoms with Gasteiger partial charge in [-0.2, -0.15) is 0 Å². The summed E-state index contributed by atoms with van der Waals surface area (Å²) in [7, 11) is 0. The number of nitrogens with zero attached hydrogens (tertiary/aromatic N) is 2. The predicted molar refractivity (Wildman–Crippen MR) is 74.0 cm³/mol. The number of hydrogen-bond acceptors (Lipinski definition) is 4. The van der Waals surface area contributed by atoms with Crippen LogP contribution in [0, 0.1) is 0 Å². The molecule has 0 atom stereocenters. The van der Waals surface area contributed by atoms with Crippen LogP contribution in [-0.2, 0) is 0 Å². The summed E-state index contributed by atoms with van der Waals surface area (Å²) in [5.41, 5.74) is 0.604. The molecule has 0 unspecified atom stereocenters. The molecule has 92 valence electrons. The first-order valence-electron chi connectivity index (χ1n) is 5.63. The first kappa shape index (κ1) is 11.8. The first-order chi connectivity index (χ1) is 8.72. The molecule has 1 aliphatic rings. The van der Waals surface area contributed by atoms with E-state index in [-0.39, 0.29) is 5.91 Å². The minimum absolute atomic E-state index is 0.158. The van der Waals surface area contributed by atoms with Crippen molar-refractivity contribution in [1.29, 1.82) is 0 Å². The van der Waals surface area contributed by atoms with E-state index >= 15 is 0 Å². The van der Waals surface area contributed by atoms with Crippen molar-refractivity contribution >= 4 is 38.3 Å². The zero-order valence-electron chi connectivity index (χ0n) is 9.39. The first-order valence-corrected chi connectivity index (χ1v) is 7.23. The van der Waals surface area contributed by atoms with Crippen molar-refractivity contribution in [2.24, 2.45) is 0 Å². The largest absolute Gasteiger partial charge is 0.296 e. The number of carbonyl (C=O) groups is 1. The quantitative estimate of drug-likeness (QED) is 0.941. The fourth-order valence-corrected chi connectivity index (χ4v) is 2.89. The van der Waals surface area contributed by atoms with Gasteiger partial charge < -0.3 is 0 Å². The van der Waals surface area contributed by atoms with Gasteiger partial charge in [0.05, 0.1) is 0 Å². The zero-order chi connectivity index (χ0) is 12.5. The third kappa shape index (κ3) is 2.59. The Morgan fingerprint density at radius 3 is 2.94 bits per heavy atom. The van der Waals surface area contributed by atoms with Crippen LogP contribution in [0.15, 0.2) is 28.7 Å². The maximum atomic E-state index is 12.0. The molecular weight excluding hydrogens is 314 g/mol. The maximum Gasteiger partial charge on any atom is 0.257 e. The molecule has 2 aromatic rings. The number of nitrogens with one attached hydrogen (secondary N) is 1. The molecule has 1 aromatic heterocycles. The maximum absolute atomic E-state index is 12.0. The normalized spacial score (nSPS) is 14.5. The van der Waals surface area contributed by atoms with Crippen LogP contribution in [0.5, 0.6) is 0 Å². The summed E-state index contributed by atoms with van der Waals surface area (Å²) >= 11 is 4.81. The van der Waals surface area contributed by atoms with Crippen molar-refractivity contribution in [3.05, 3.63) is 39.3 Å². The topological polar surface area (TPSA) is 54.9 Å². The highest BCUT2D eigenvalue weighted by atomic mass is 79.9. The summed E-state index contributed by atoms with van der Waals surface area (Å²) in [5, 5.41) is 12.4. The molecule has 0 saturated heterocycles. The summed E-state index contributed by atoms with van der Waals surface area (Å²) in [6.07, 6.45) is 2.38. The van der Waals surface area contributed by atoms with Gasteiger partial charge in [0.2, 0.25) is 5.13 Å². The molecule has 1 heterocycles. The van der Waals surface area contributed by atoms with Gasteiger partial charge in [-0.25, -0.2) is 0 Å². The van der Waals surface area contributed by atoms with Crippen molar-refractivity contribution in [3.8, 4) is 0 Å². The number of halogens is 1. The van der Waals surface area contributed by atoms with Crippen molar-refractivity contribution in [3.63, 3.8) is 0 Å². The second kappa shape index (κ2) is 4.78. The highest BCUT2D eigenvalue weighted by Crippen LogP contribution is 2.42. The third-order valence-corrected chi connectivity index (χ3v) is 4.17. The van der Waals surface area contributed by atoms with E-state index in [9.17, 15) is 4.79 Å². The summed E-state index contributed by atoms with van der Waals surface area (Å²) in [4.78, 5) is 12.0. The van der Waals surface area contributed by atoms with Gasteiger partial charge in [0.25, 0.3) is 5.91 Å². The molecule has 1 N–H and O–H groups in total. The Bertz CT molecular complexity index is 595. The Kier molecular flexibility index (Phi) is 3.13. The molecule has 0 bridgehead atoms. The molecule has 3 rings (SSSR count). The molecule has 0 radical (unpaired) electrons. The average molecular weight is 324 g/mol. The number of aromatic nitrogens is 2. The molecule has 1 saturated carbocycles. The SMILES string of the molecule is O=C(Nc1nnc(C2CC2)s1)c1cccc(Br)c1. The van der Waals surface area contributed by atoms with Gasteiger partial charge in [-0.15, -0.1) is 10.2 Å². The highest BCUT2D eigenvalue weighted by Gasteiger charge is 2.27. The molecule has 1 fully saturated rings. The predicted octanol–water partition coefficient (Wildman–Crippen LogP) is 3.43. The lowest BCUT2D eigenvalue weighted by molar-refractivity contribution is 0.102. The van der Waals surface area contributed by atoms with Gasteiger partial charge in [-0.1, -0.05) is 33.3 Å². The van der Waals surface area contributed by atoms with Crippen molar-refractivity contribution in [2.75, 3.05) is 5.32 Å². The standard InChI is InChI=1S/C12H10BrN3OS/c13-9-3-1-2-8(6-9)10(17)14-12-16-15-11(18-12)7-4-5-7/h1-3,6-7H,4-5H2,(H,14,16,17). The molecule has 1 aliphatic carbocycles. The lowest BCUT2D eigenvalue weighted by Crippen LogP contribution is -2.11. The fraction of sp³-hybridized carbons (Fsp3) is 0.250. The number of hydrogen-bond donors (Lipinski definition) is 1. The summed E-state index contributed by atoms with van der Waals surface area (Å²) < 4.78 is 0.881. The molecular formula is C12H10BrN3OS. The second-order valence-electron chi connectivity index (χ2n) is 4.18. The van der Waals surface area contributed by atoms with Gasteiger partial charge in [-0.3, -0.25) is 10.1 Å². The highest BCUT2D eigenvalue weighted by molar-refractivity contribution is 9.10. The van der Waals surface area contributed by atoms with E-state index < -0.39 is 0 Å². The molecule has 0 spiro atoms. The number of benzene rings is 1. The van der Waals surface area contributed by atoms with Crippen molar-refractivity contribution < 1.29 is 4.79 Å². The van der Waals surface area contributed by atoms with Gasteiger partial charge in [0.15, 0.2) is 0 Å². The van der Waals surface area contributed by atoms with Gasteiger partial charge in [-0.05, 0) is 31.0 Å². The van der Waals surface area contributed by atoms with E-state index in [4.69, 9.17) is 0 Å². The van der Waals surface area contributed by atoms with Crippen LogP contribution in [0.1, 0.15) is 34.1 Å². The third-order valence-electron chi connectivity index (χ3n) is 2.67. The van der Waals surface area contributed by atoms with Crippen LogP contribution >= 0.6 is 27.3 Å². The molecule has 1 amide bonds. The van der Waals surface area contributed by atoms with Crippen LogP contribution in [-0.4, -0.2) is 16.1 Å². The Morgan fingerprint density at radius 2 is 2.22 bits per heavy atom. The average Bonchev–Trinajstić information content (AvgIpc) is 3.11. The van der Waals surface area contributed by atoms with E-state index in [1.165, 1.54) is 24.2 Å². The van der Waals surface area contributed by atoms with Gasteiger partial charge in [0, 0.05) is 16.0 Å². The molecule has 4 nitrogen and oxygen atoms in total. The molecule has 1 aromatic carbocycles. The van der Waals surface area contributed by atoms with Crippen molar-refractivity contribution in [2.45, 2.75) is 18.8 Å². The van der Waals surface area contributed by atoms with Gasteiger partial charge >= 0.3 is 0 Å². The van der Waals surface area contributed by atoms with E-state index in [1.54, 1.807) is 12.1 Å². The Balaban J connectivity index is 1.73. The van der Waals surface area contributed by atoms with Crippen molar-refractivity contribution in [1.82, 2.24) is 10.2 Å². The second-order valence-corrected chi connectivity index (χ2v) is 6.11. The molecule has 18 heavy (non-hydrogen) atoms. The van der Waals surface area contributed by atoms with Crippen LogP contribution in [0.2, 0.25) is 0 Å². The lowest BCUT2D eigenvalue weighted by Gasteiger charge is -2.01. The van der Waals surface area contributed by atoms with Crippen LogP contribution in [0.4, 0.5) is 5.13 Å². The van der Waals surface area contributed by atoms with Gasteiger partial charge in [0.1, 0.15) is 5.01 Å².